The van der Waals surface area contributed by atoms with E-state index >= 15 is 0 Å². The Morgan fingerprint density at radius 3 is 1.45 bits per heavy atom. The van der Waals surface area contributed by atoms with E-state index in [2.05, 4.69) is 43.5 Å². The molecule has 0 aliphatic carbocycles. The Balaban J connectivity index is 1.45. The van der Waals surface area contributed by atoms with Crippen LogP contribution in [0.2, 0.25) is 10.0 Å². The molecule has 0 aliphatic heterocycles. The van der Waals surface area contributed by atoms with Crippen LogP contribution in [0.15, 0.2) is 145 Å². The summed E-state index contributed by atoms with van der Waals surface area (Å²) >= 11 is 13.6. The summed E-state index contributed by atoms with van der Waals surface area (Å²) in [5.74, 6) is 0.345. The van der Waals surface area contributed by atoms with E-state index in [9.17, 15) is 15.3 Å². The van der Waals surface area contributed by atoms with Crippen LogP contribution in [-0.2, 0) is 0 Å². The molecule has 0 spiro atoms. The fraction of sp³-hybridized carbons (Fsp3) is 0. The van der Waals surface area contributed by atoms with Gasteiger partial charge < -0.3 is 16.0 Å². The number of carbonyl (C=O) groups is 1. The van der Waals surface area contributed by atoms with Gasteiger partial charge in [-0.25, -0.2) is 30.2 Å². The molecule has 7 aromatic rings. The van der Waals surface area contributed by atoms with Crippen LogP contribution in [0.4, 0.5) is 33.8 Å². The number of carbonyl (C=O) groups excluding carboxylic acids is 1. The van der Waals surface area contributed by atoms with Crippen molar-refractivity contribution < 1.29 is 4.79 Å². The first-order valence-corrected chi connectivity index (χ1v) is 17.6. The van der Waals surface area contributed by atoms with Crippen LogP contribution in [0.1, 0.15) is 22.5 Å². The van der Waals surface area contributed by atoms with E-state index in [4.69, 9.17) is 38.3 Å². The number of hydrogen-bond acceptors (Lipinski definition) is 10. The van der Waals surface area contributed by atoms with Crippen molar-refractivity contribution in [2.24, 2.45) is 5.10 Å². The van der Waals surface area contributed by atoms with Crippen molar-refractivity contribution in [2.45, 2.75) is 0 Å². The Kier molecular flexibility index (Phi) is 11.1. The Hall–Kier alpha value is -7.64. The lowest BCUT2D eigenvalue weighted by atomic mass is 9.97. The number of amides is 2. The van der Waals surface area contributed by atoms with Crippen molar-refractivity contribution in [1.29, 1.82) is 10.5 Å². The summed E-state index contributed by atoms with van der Waals surface area (Å²) in [6, 6.07) is 40.5. The first-order valence-electron chi connectivity index (χ1n) is 16.9. The molecule has 0 saturated carbocycles. The van der Waals surface area contributed by atoms with Crippen LogP contribution in [0.25, 0.3) is 22.3 Å². The van der Waals surface area contributed by atoms with Gasteiger partial charge in [-0.15, -0.1) is 0 Å². The third-order valence-corrected chi connectivity index (χ3v) is 8.85. The zero-order chi connectivity index (χ0) is 38.9. The van der Waals surface area contributed by atoms with Gasteiger partial charge in [-0.2, -0.15) is 15.6 Å². The minimum absolute atomic E-state index is 0.105. The summed E-state index contributed by atoms with van der Waals surface area (Å²) in [5.41, 5.74) is 8.06. The fourth-order valence-electron chi connectivity index (χ4n) is 5.52. The second kappa shape index (κ2) is 17.0. The van der Waals surface area contributed by atoms with Crippen LogP contribution < -0.4 is 21.4 Å². The highest BCUT2D eigenvalue weighted by Gasteiger charge is 2.25. The molecule has 0 unspecified atom stereocenters. The smallest absolute Gasteiger partial charge is 0.324 e. The molecule has 0 radical (unpaired) electrons. The maximum absolute atomic E-state index is 13.4. The highest BCUT2D eigenvalue weighted by atomic mass is 35.5. The number of hydrogen-bond donors (Lipinski definition) is 4. The van der Waals surface area contributed by atoms with E-state index in [-0.39, 0.29) is 29.0 Å². The van der Waals surface area contributed by atoms with E-state index < -0.39 is 6.03 Å². The molecule has 5 aromatic carbocycles. The highest BCUT2D eigenvalue weighted by molar-refractivity contribution is 6.34. The molecular weight excluding hydrogens is 745 g/mol. The lowest BCUT2D eigenvalue weighted by Gasteiger charge is -2.18. The van der Waals surface area contributed by atoms with Gasteiger partial charge in [0.05, 0.1) is 23.3 Å². The van der Waals surface area contributed by atoms with Crippen LogP contribution in [-0.4, -0.2) is 31.7 Å². The summed E-state index contributed by atoms with van der Waals surface area (Å²) in [6.45, 7) is 0. The third kappa shape index (κ3) is 8.59. The van der Waals surface area contributed by atoms with E-state index in [1.165, 1.54) is 0 Å². The van der Waals surface area contributed by atoms with Crippen LogP contribution >= 0.6 is 23.2 Å². The lowest BCUT2D eigenvalue weighted by Crippen LogP contribution is -2.27. The molecule has 2 heterocycles. The molecule has 2 amide bonds. The standard InChI is InChI=1S/C42H27Cl2N11O/c43-35-12-6-4-10-31(35)33-24-47-40(49-29-18-14-26(22-45)15-19-29)52-37(33)39(54-55-42(56)51-28-8-2-1-3-9-28)38-34(32-11-5-7-13-36(32)44)25-48-41(53-38)50-30-20-16-27(23-46)17-21-30/h1-21,24-25H,(H,47,49,52)(H,48,50,53)(H2,51,55,56). The van der Waals surface area contributed by atoms with Crippen molar-refractivity contribution >= 4 is 63.9 Å². The first-order chi connectivity index (χ1) is 27.4. The van der Waals surface area contributed by atoms with Gasteiger partial charge in [0.1, 0.15) is 17.1 Å². The van der Waals surface area contributed by atoms with E-state index in [1.54, 1.807) is 109 Å². The Labute approximate surface area is 331 Å². The number of rotatable bonds is 10. The molecule has 14 heteroatoms. The van der Waals surface area contributed by atoms with Gasteiger partial charge >= 0.3 is 6.03 Å². The Bertz CT molecular complexity index is 2500. The van der Waals surface area contributed by atoms with Gasteiger partial charge in [0.2, 0.25) is 11.9 Å². The molecular formula is C42H27Cl2N11O. The highest BCUT2D eigenvalue weighted by Crippen LogP contribution is 2.35. The minimum atomic E-state index is -0.637. The zero-order valence-electron chi connectivity index (χ0n) is 29.1. The molecule has 0 saturated heterocycles. The number of aromatic nitrogens is 4. The molecule has 56 heavy (non-hydrogen) atoms. The number of nitriles is 2. The monoisotopic (exact) mass is 771 g/mol. The van der Waals surface area contributed by atoms with Crippen molar-refractivity contribution in [3.63, 3.8) is 0 Å². The fourth-order valence-corrected chi connectivity index (χ4v) is 5.99. The maximum atomic E-state index is 13.4. The van der Waals surface area contributed by atoms with Crippen LogP contribution in [0, 0.1) is 22.7 Å². The topological polar surface area (TPSA) is 177 Å². The molecule has 0 aliphatic rings. The molecule has 0 atom stereocenters. The predicted molar refractivity (Wildman–Crippen MR) is 218 cm³/mol. The van der Waals surface area contributed by atoms with E-state index in [1.807, 2.05) is 30.3 Å². The Morgan fingerprint density at radius 2 is 1.00 bits per heavy atom. The van der Waals surface area contributed by atoms with Crippen molar-refractivity contribution in [3.05, 3.63) is 172 Å². The zero-order valence-corrected chi connectivity index (χ0v) is 30.6. The normalized spacial score (nSPS) is 10.4. The lowest BCUT2D eigenvalue weighted by molar-refractivity contribution is 0.252. The molecule has 7 rings (SSSR count). The number of nitrogens with one attached hydrogen (secondary N) is 4. The number of anilines is 5. The number of para-hydroxylation sites is 1. The molecule has 0 fully saturated rings. The number of benzene rings is 5. The van der Waals surface area contributed by atoms with Crippen LogP contribution in [0.5, 0.6) is 0 Å². The minimum Gasteiger partial charge on any atom is -0.324 e. The molecule has 2 aromatic heterocycles. The number of hydrazone groups is 1. The molecule has 270 valence electrons. The SMILES string of the molecule is N#Cc1ccc(Nc2ncc(-c3ccccc3Cl)c(C(=NNC(=O)Nc3ccccc3)c3nc(Nc4ccc(C#N)cc4)ncc3-c3ccccc3Cl)n2)cc1. The largest absolute Gasteiger partial charge is 0.339 e. The quantitative estimate of drug-likeness (QED) is 0.0779. The van der Waals surface area contributed by atoms with Gasteiger partial charge in [0, 0.05) is 61.8 Å². The number of halogens is 2. The van der Waals surface area contributed by atoms with Crippen molar-refractivity contribution in [2.75, 3.05) is 16.0 Å². The summed E-state index contributed by atoms with van der Waals surface area (Å²) < 4.78 is 0. The van der Waals surface area contributed by atoms with E-state index in [0.29, 0.717) is 60.5 Å². The summed E-state index contributed by atoms with van der Waals surface area (Å²) in [6.07, 6.45) is 3.20. The van der Waals surface area contributed by atoms with Crippen molar-refractivity contribution in [1.82, 2.24) is 25.4 Å². The average molecular weight is 773 g/mol. The Morgan fingerprint density at radius 1 is 0.554 bits per heavy atom. The molecule has 12 nitrogen and oxygen atoms in total. The molecule has 4 N–H and O–H groups in total. The third-order valence-electron chi connectivity index (χ3n) is 8.20. The average Bonchev–Trinajstić information content (AvgIpc) is 3.23. The van der Waals surface area contributed by atoms with E-state index in [0.717, 1.165) is 0 Å². The van der Waals surface area contributed by atoms with Gasteiger partial charge in [-0.1, -0.05) is 77.8 Å². The van der Waals surface area contributed by atoms with Crippen molar-refractivity contribution in [3.8, 4) is 34.4 Å². The number of nitrogens with zero attached hydrogens (tertiary/aromatic N) is 7. The summed E-state index contributed by atoms with van der Waals surface area (Å²) in [7, 11) is 0. The summed E-state index contributed by atoms with van der Waals surface area (Å²) in [5, 5.41) is 33.3. The maximum Gasteiger partial charge on any atom is 0.339 e. The second-order valence-corrected chi connectivity index (χ2v) is 12.7. The van der Waals surface area contributed by atoms with Gasteiger partial charge in [0.25, 0.3) is 0 Å². The van der Waals surface area contributed by atoms with Gasteiger partial charge in [-0.3, -0.25) is 0 Å². The van der Waals surface area contributed by atoms with Gasteiger partial charge in [-0.05, 0) is 72.8 Å². The molecule has 0 bridgehead atoms. The van der Waals surface area contributed by atoms with Gasteiger partial charge in [0.15, 0.2) is 0 Å². The predicted octanol–water partition coefficient (Wildman–Crippen LogP) is 9.71. The second-order valence-electron chi connectivity index (χ2n) is 11.9. The first kappa shape index (κ1) is 36.7. The number of urea groups is 1. The summed E-state index contributed by atoms with van der Waals surface area (Å²) in [4.78, 5) is 32.6. The van der Waals surface area contributed by atoms with Crippen LogP contribution in [0.3, 0.4) is 0 Å².